The summed E-state index contributed by atoms with van der Waals surface area (Å²) in [5.74, 6) is 1.84. The van der Waals surface area contributed by atoms with E-state index >= 15 is 0 Å². The van der Waals surface area contributed by atoms with Gasteiger partial charge in [0.25, 0.3) is 0 Å². The number of benzene rings is 1. The highest BCUT2D eigenvalue weighted by Crippen LogP contribution is 2.21. The Morgan fingerprint density at radius 2 is 1.92 bits per heavy atom. The summed E-state index contributed by atoms with van der Waals surface area (Å²) in [5, 5.41) is 3.29. The van der Waals surface area contributed by atoms with Crippen molar-refractivity contribution < 1.29 is 8.42 Å². The Kier molecular flexibility index (Phi) is 7.09. The monoisotopic (exact) mass is 351 g/mol. The minimum Gasteiger partial charge on any atom is -0.356 e. The molecule has 6 heteroatoms. The molecule has 1 aliphatic rings. The highest BCUT2D eigenvalue weighted by atomic mass is 32.2. The fraction of sp³-hybridized carbons (Fsp3) is 0.611. The van der Waals surface area contributed by atoms with Crippen LogP contribution < -0.4 is 5.32 Å². The molecule has 24 heavy (non-hydrogen) atoms. The van der Waals surface area contributed by atoms with Crippen LogP contribution in [0.3, 0.4) is 0 Å². The number of hydrogen-bond acceptors (Lipinski definition) is 3. The molecule has 1 aromatic rings. The van der Waals surface area contributed by atoms with Gasteiger partial charge in [-0.25, -0.2) is 8.42 Å². The van der Waals surface area contributed by atoms with Gasteiger partial charge in [0.05, 0.1) is 5.75 Å². The van der Waals surface area contributed by atoms with Crippen molar-refractivity contribution in [2.24, 2.45) is 10.9 Å². The number of guanidine groups is 1. The van der Waals surface area contributed by atoms with E-state index in [1.165, 1.54) is 24.7 Å². The van der Waals surface area contributed by atoms with Gasteiger partial charge < -0.3 is 10.2 Å². The lowest BCUT2D eigenvalue weighted by Gasteiger charge is -2.34. The number of aliphatic imine (C=N–C) groups is 1. The average molecular weight is 352 g/mol. The molecule has 0 aliphatic carbocycles. The Morgan fingerprint density at radius 1 is 1.25 bits per heavy atom. The lowest BCUT2D eigenvalue weighted by Crippen LogP contribution is -2.46. The molecule has 0 aromatic heterocycles. The highest BCUT2D eigenvalue weighted by molar-refractivity contribution is 7.90. The first kappa shape index (κ1) is 18.8. The molecule has 0 unspecified atom stereocenters. The molecule has 1 heterocycles. The lowest BCUT2D eigenvalue weighted by molar-refractivity contribution is 0.259. The number of sulfone groups is 1. The summed E-state index contributed by atoms with van der Waals surface area (Å²) >= 11 is 0. The number of nitrogens with zero attached hydrogens (tertiary/aromatic N) is 2. The number of piperidine rings is 1. The fourth-order valence-electron chi connectivity index (χ4n) is 3.16. The molecule has 1 aromatic carbocycles. The van der Waals surface area contributed by atoms with Gasteiger partial charge in [-0.05, 0) is 37.2 Å². The van der Waals surface area contributed by atoms with Crippen molar-refractivity contribution in [1.82, 2.24) is 10.2 Å². The van der Waals surface area contributed by atoms with Crippen LogP contribution in [0.5, 0.6) is 0 Å². The summed E-state index contributed by atoms with van der Waals surface area (Å²) in [4.78, 5) is 6.62. The van der Waals surface area contributed by atoms with Crippen LogP contribution in [0.4, 0.5) is 0 Å². The van der Waals surface area contributed by atoms with Crippen LogP contribution in [0, 0.1) is 5.92 Å². The van der Waals surface area contributed by atoms with Crippen LogP contribution in [0.15, 0.2) is 35.3 Å². The third-order valence-corrected chi connectivity index (χ3v) is 5.50. The molecule has 5 nitrogen and oxygen atoms in total. The second-order valence-electron chi connectivity index (χ2n) is 6.58. The summed E-state index contributed by atoms with van der Waals surface area (Å²) in [6.07, 6.45) is 5.37. The van der Waals surface area contributed by atoms with E-state index in [1.54, 1.807) is 7.05 Å². The molecular weight excluding hydrogens is 322 g/mol. The van der Waals surface area contributed by atoms with Gasteiger partial charge in [-0.3, -0.25) is 4.99 Å². The Bertz CT molecular complexity index is 621. The van der Waals surface area contributed by atoms with E-state index < -0.39 is 9.84 Å². The molecule has 0 saturated carbocycles. The Balaban J connectivity index is 1.73. The summed E-state index contributed by atoms with van der Waals surface area (Å²) in [7, 11) is -1.10. The van der Waals surface area contributed by atoms with Crippen LogP contribution in [0.1, 0.15) is 24.8 Å². The van der Waals surface area contributed by atoms with Crippen molar-refractivity contribution in [3.63, 3.8) is 0 Å². The number of nitrogens with one attached hydrogen (secondary N) is 1. The second kappa shape index (κ2) is 9.06. The Morgan fingerprint density at radius 3 is 2.50 bits per heavy atom. The molecule has 134 valence electrons. The van der Waals surface area contributed by atoms with Gasteiger partial charge in [0.1, 0.15) is 9.84 Å². The summed E-state index contributed by atoms with van der Waals surface area (Å²) in [6, 6.07) is 10.7. The number of hydrogen-bond donors (Lipinski definition) is 1. The molecular formula is C18H29N3O2S. The molecule has 0 radical (unpaired) electrons. The van der Waals surface area contributed by atoms with Crippen LogP contribution in [-0.4, -0.2) is 58.0 Å². The van der Waals surface area contributed by atoms with Crippen molar-refractivity contribution in [3.8, 4) is 0 Å². The minimum absolute atomic E-state index is 0.218. The van der Waals surface area contributed by atoms with Crippen LogP contribution in [0.2, 0.25) is 0 Å². The predicted octanol–water partition coefficient (Wildman–Crippen LogP) is 1.95. The number of likely N-dealkylation sites (tertiary alicyclic amines) is 1. The van der Waals surface area contributed by atoms with E-state index in [4.69, 9.17) is 0 Å². The van der Waals surface area contributed by atoms with E-state index in [0.717, 1.165) is 31.4 Å². The molecule has 1 fully saturated rings. The van der Waals surface area contributed by atoms with E-state index in [2.05, 4.69) is 45.5 Å². The zero-order valence-electron chi connectivity index (χ0n) is 14.7. The Labute approximate surface area is 146 Å². The second-order valence-corrected chi connectivity index (χ2v) is 8.84. The van der Waals surface area contributed by atoms with E-state index in [0.29, 0.717) is 13.0 Å². The van der Waals surface area contributed by atoms with Crippen LogP contribution in [0.25, 0.3) is 0 Å². The van der Waals surface area contributed by atoms with Gasteiger partial charge in [-0.1, -0.05) is 30.3 Å². The van der Waals surface area contributed by atoms with Crippen molar-refractivity contribution in [3.05, 3.63) is 35.9 Å². The van der Waals surface area contributed by atoms with Gasteiger partial charge >= 0.3 is 0 Å². The first-order valence-electron chi connectivity index (χ1n) is 8.65. The normalized spacial score (nSPS) is 17.1. The van der Waals surface area contributed by atoms with Crippen molar-refractivity contribution in [2.75, 3.05) is 38.7 Å². The van der Waals surface area contributed by atoms with Gasteiger partial charge in [0.15, 0.2) is 5.96 Å². The summed E-state index contributed by atoms with van der Waals surface area (Å²) in [6.45, 7) is 2.65. The smallest absolute Gasteiger partial charge is 0.193 e. The topological polar surface area (TPSA) is 61.8 Å². The van der Waals surface area contributed by atoms with Crippen LogP contribution in [-0.2, 0) is 16.3 Å². The van der Waals surface area contributed by atoms with E-state index in [9.17, 15) is 8.42 Å². The molecule has 1 saturated heterocycles. The maximum Gasteiger partial charge on any atom is 0.193 e. The lowest BCUT2D eigenvalue weighted by atomic mass is 9.90. The first-order valence-corrected chi connectivity index (χ1v) is 10.7. The minimum atomic E-state index is -2.88. The maximum atomic E-state index is 11.2. The maximum absolute atomic E-state index is 11.2. The third kappa shape index (κ3) is 6.51. The molecule has 0 atom stereocenters. The van der Waals surface area contributed by atoms with Crippen molar-refractivity contribution in [1.29, 1.82) is 0 Å². The summed E-state index contributed by atoms with van der Waals surface area (Å²) in [5.41, 5.74) is 1.42. The van der Waals surface area contributed by atoms with Crippen molar-refractivity contribution in [2.45, 2.75) is 25.7 Å². The molecule has 0 spiro atoms. The molecule has 0 bridgehead atoms. The summed E-state index contributed by atoms with van der Waals surface area (Å²) < 4.78 is 22.3. The van der Waals surface area contributed by atoms with E-state index in [1.807, 2.05) is 0 Å². The van der Waals surface area contributed by atoms with Gasteiger partial charge in [0, 0.05) is 32.9 Å². The van der Waals surface area contributed by atoms with Gasteiger partial charge in [-0.2, -0.15) is 0 Å². The fourth-order valence-corrected chi connectivity index (χ4v) is 3.83. The largest absolute Gasteiger partial charge is 0.356 e. The van der Waals surface area contributed by atoms with Gasteiger partial charge in [-0.15, -0.1) is 0 Å². The van der Waals surface area contributed by atoms with Crippen molar-refractivity contribution >= 4 is 15.8 Å². The zero-order valence-corrected chi connectivity index (χ0v) is 15.6. The highest BCUT2D eigenvalue weighted by Gasteiger charge is 2.21. The zero-order chi connectivity index (χ0) is 17.4. The predicted molar refractivity (Wildman–Crippen MR) is 100 cm³/mol. The van der Waals surface area contributed by atoms with Crippen LogP contribution >= 0.6 is 0 Å². The third-order valence-electron chi connectivity index (χ3n) is 4.47. The quantitative estimate of drug-likeness (QED) is 0.483. The van der Waals surface area contributed by atoms with E-state index in [-0.39, 0.29) is 5.75 Å². The number of rotatable bonds is 6. The molecule has 1 N–H and O–H groups in total. The molecule has 2 rings (SSSR count). The molecule has 1 aliphatic heterocycles. The first-order chi connectivity index (χ1) is 11.5. The standard InChI is InChI=1S/C18H29N3O2S/c1-19-18(20-11-6-14-24(2,22)23)21-12-9-17(10-13-21)15-16-7-4-3-5-8-16/h3-5,7-8,17H,6,9-15H2,1-2H3,(H,19,20). The average Bonchev–Trinajstić information content (AvgIpc) is 2.56. The van der Waals surface area contributed by atoms with Gasteiger partial charge in [0.2, 0.25) is 0 Å². The SMILES string of the molecule is CN=C(NCCCS(C)(=O)=O)N1CCC(Cc2ccccc2)CC1. The molecule has 0 amide bonds. The Hall–Kier alpha value is -1.56.